The van der Waals surface area contributed by atoms with Crippen LogP contribution < -0.4 is 4.74 Å². The Labute approximate surface area is 160 Å². The first kappa shape index (κ1) is 20.7. The van der Waals surface area contributed by atoms with Gasteiger partial charge in [-0.1, -0.05) is 51.2 Å². The normalized spacial score (nSPS) is 15.2. The summed E-state index contributed by atoms with van der Waals surface area (Å²) < 4.78 is 10.2. The zero-order chi connectivity index (χ0) is 19.6. The molecule has 0 aliphatic carbocycles. The molecule has 0 unspecified atom stereocenters. The van der Waals surface area contributed by atoms with E-state index in [0.717, 1.165) is 18.4 Å². The van der Waals surface area contributed by atoms with E-state index in [9.17, 15) is 9.59 Å². The number of likely N-dealkylation sites (N-methyl/N-ethyl adjacent to an activating group) is 1. The Morgan fingerprint density at radius 3 is 2.41 bits per heavy atom. The predicted molar refractivity (Wildman–Crippen MR) is 106 cm³/mol. The standard InChI is InChI=1S/C21H28N2O4/c1-4-5-6-7-8-9-14-26-21(25)27-18-12-10-17(11-13-18)15-19-20(24)23(3)16(2)22-19/h10-13,15H,4-9,14H2,1-3H3/b19-15-. The van der Waals surface area contributed by atoms with Crippen LogP contribution in [0.1, 0.15) is 57.9 Å². The van der Waals surface area contributed by atoms with E-state index in [0.29, 0.717) is 23.9 Å². The topological polar surface area (TPSA) is 68.2 Å². The number of unbranched alkanes of at least 4 members (excludes halogenated alkanes) is 5. The lowest BCUT2D eigenvalue weighted by molar-refractivity contribution is -0.121. The molecule has 1 aromatic carbocycles. The summed E-state index contributed by atoms with van der Waals surface area (Å²) in [5, 5.41) is 0. The van der Waals surface area contributed by atoms with Crippen LogP contribution in [0.15, 0.2) is 35.0 Å². The summed E-state index contributed by atoms with van der Waals surface area (Å²) in [4.78, 5) is 29.4. The number of hydrogen-bond donors (Lipinski definition) is 0. The summed E-state index contributed by atoms with van der Waals surface area (Å²) in [5.41, 5.74) is 1.19. The maximum absolute atomic E-state index is 12.0. The van der Waals surface area contributed by atoms with E-state index in [-0.39, 0.29) is 5.91 Å². The van der Waals surface area contributed by atoms with Crippen molar-refractivity contribution in [3.8, 4) is 5.75 Å². The van der Waals surface area contributed by atoms with Gasteiger partial charge in [0, 0.05) is 7.05 Å². The van der Waals surface area contributed by atoms with E-state index in [1.807, 2.05) is 0 Å². The molecule has 1 amide bonds. The summed E-state index contributed by atoms with van der Waals surface area (Å²) in [6.45, 7) is 4.35. The Bertz CT molecular complexity index is 707. The molecule has 1 aliphatic heterocycles. The van der Waals surface area contributed by atoms with Crippen molar-refractivity contribution in [3.63, 3.8) is 0 Å². The highest BCUT2D eigenvalue weighted by Gasteiger charge is 2.23. The van der Waals surface area contributed by atoms with Crippen molar-refractivity contribution in [3.05, 3.63) is 35.5 Å². The highest BCUT2D eigenvalue weighted by Crippen LogP contribution is 2.19. The maximum Gasteiger partial charge on any atom is 0.513 e. The van der Waals surface area contributed by atoms with E-state index in [4.69, 9.17) is 9.47 Å². The molecule has 1 heterocycles. The summed E-state index contributed by atoms with van der Waals surface area (Å²) >= 11 is 0. The van der Waals surface area contributed by atoms with E-state index in [2.05, 4.69) is 11.9 Å². The molecule has 6 nitrogen and oxygen atoms in total. The predicted octanol–water partition coefficient (Wildman–Crippen LogP) is 4.79. The molecule has 0 atom stereocenters. The number of rotatable bonds is 9. The second-order valence-corrected chi connectivity index (χ2v) is 6.59. The molecule has 6 heteroatoms. The van der Waals surface area contributed by atoms with Gasteiger partial charge in [-0.25, -0.2) is 9.79 Å². The first-order chi connectivity index (χ1) is 13.0. The number of amidine groups is 1. The van der Waals surface area contributed by atoms with E-state index < -0.39 is 6.16 Å². The summed E-state index contributed by atoms with van der Waals surface area (Å²) in [6, 6.07) is 6.86. The van der Waals surface area contributed by atoms with Crippen LogP contribution in [0, 0.1) is 0 Å². The Hall–Kier alpha value is -2.63. The van der Waals surface area contributed by atoms with E-state index in [1.165, 1.54) is 30.6 Å². The van der Waals surface area contributed by atoms with Crippen molar-refractivity contribution in [1.82, 2.24) is 4.90 Å². The van der Waals surface area contributed by atoms with Gasteiger partial charge in [0.15, 0.2) is 0 Å². The molecule has 0 saturated heterocycles. The summed E-state index contributed by atoms with van der Waals surface area (Å²) in [6.07, 6.45) is 7.81. The van der Waals surface area contributed by atoms with Crippen LogP contribution in [0.5, 0.6) is 5.75 Å². The third kappa shape index (κ3) is 6.55. The largest absolute Gasteiger partial charge is 0.513 e. The molecule has 0 N–H and O–H groups in total. The van der Waals surface area contributed by atoms with Gasteiger partial charge in [-0.2, -0.15) is 0 Å². The second-order valence-electron chi connectivity index (χ2n) is 6.59. The highest BCUT2D eigenvalue weighted by atomic mass is 16.7. The van der Waals surface area contributed by atoms with Crippen LogP contribution in [0.25, 0.3) is 6.08 Å². The quantitative estimate of drug-likeness (QED) is 0.270. The molecule has 27 heavy (non-hydrogen) atoms. The van der Waals surface area contributed by atoms with Gasteiger partial charge in [0.2, 0.25) is 0 Å². The molecule has 2 rings (SSSR count). The Morgan fingerprint density at radius 1 is 1.11 bits per heavy atom. The minimum atomic E-state index is -0.692. The fourth-order valence-corrected chi connectivity index (χ4v) is 2.66. The molecule has 0 bridgehead atoms. The number of nitrogens with zero attached hydrogens (tertiary/aromatic N) is 2. The van der Waals surface area contributed by atoms with Gasteiger partial charge < -0.3 is 9.47 Å². The zero-order valence-electron chi connectivity index (χ0n) is 16.4. The molecule has 0 aromatic heterocycles. The molecule has 146 valence electrons. The molecule has 0 spiro atoms. The number of benzene rings is 1. The SMILES string of the molecule is CCCCCCCCOC(=O)Oc1ccc(/C=C2\N=C(C)N(C)C2=O)cc1. The number of ether oxygens (including phenoxy) is 2. The number of carbonyl (C=O) groups is 2. The van der Waals surface area contributed by atoms with Gasteiger partial charge in [0.25, 0.3) is 5.91 Å². The molecule has 0 radical (unpaired) electrons. The fraction of sp³-hybridized carbons (Fsp3) is 0.476. The van der Waals surface area contributed by atoms with Gasteiger partial charge in [-0.15, -0.1) is 0 Å². The van der Waals surface area contributed by atoms with Crippen molar-refractivity contribution in [2.45, 2.75) is 52.4 Å². The van der Waals surface area contributed by atoms with Crippen LogP contribution >= 0.6 is 0 Å². The summed E-state index contributed by atoms with van der Waals surface area (Å²) in [5.74, 6) is 0.935. The second kappa shape index (κ2) is 10.5. The van der Waals surface area contributed by atoms with Gasteiger partial charge in [-0.05, 0) is 37.1 Å². The van der Waals surface area contributed by atoms with Crippen LogP contribution in [-0.2, 0) is 9.53 Å². The lowest BCUT2D eigenvalue weighted by atomic mass is 10.1. The average Bonchev–Trinajstić information content (AvgIpc) is 2.89. The molecule has 0 fully saturated rings. The van der Waals surface area contributed by atoms with Gasteiger partial charge in [0.1, 0.15) is 17.3 Å². The third-order valence-corrected chi connectivity index (χ3v) is 4.39. The van der Waals surface area contributed by atoms with Gasteiger partial charge in [-0.3, -0.25) is 9.69 Å². The lowest BCUT2D eigenvalue weighted by Crippen LogP contribution is -2.25. The smallest absolute Gasteiger partial charge is 0.434 e. The van der Waals surface area contributed by atoms with E-state index >= 15 is 0 Å². The Kier molecular flexibility index (Phi) is 8.04. The van der Waals surface area contributed by atoms with E-state index in [1.54, 1.807) is 44.3 Å². The Balaban J connectivity index is 1.75. The highest BCUT2D eigenvalue weighted by molar-refractivity contribution is 6.13. The zero-order valence-corrected chi connectivity index (χ0v) is 16.4. The van der Waals surface area contributed by atoms with Gasteiger partial charge >= 0.3 is 6.16 Å². The first-order valence-electron chi connectivity index (χ1n) is 9.51. The van der Waals surface area contributed by atoms with Gasteiger partial charge in [0.05, 0.1) is 6.61 Å². The van der Waals surface area contributed by atoms with Crippen molar-refractivity contribution >= 4 is 24.0 Å². The summed E-state index contributed by atoms with van der Waals surface area (Å²) in [7, 11) is 1.69. The monoisotopic (exact) mass is 372 g/mol. The minimum Gasteiger partial charge on any atom is -0.434 e. The maximum atomic E-state index is 12.0. The lowest BCUT2D eigenvalue weighted by Gasteiger charge is -2.07. The fourth-order valence-electron chi connectivity index (χ4n) is 2.66. The number of amides is 1. The number of hydrogen-bond acceptors (Lipinski definition) is 5. The number of aliphatic imine (C=N–C) groups is 1. The van der Waals surface area contributed by atoms with Crippen molar-refractivity contribution in [1.29, 1.82) is 0 Å². The molecular weight excluding hydrogens is 344 g/mol. The molecule has 0 saturated carbocycles. The number of carbonyl (C=O) groups excluding carboxylic acids is 2. The molecular formula is C21H28N2O4. The van der Waals surface area contributed by atoms with Crippen LogP contribution in [-0.4, -0.2) is 36.5 Å². The first-order valence-corrected chi connectivity index (χ1v) is 9.51. The van der Waals surface area contributed by atoms with Crippen LogP contribution in [0.2, 0.25) is 0 Å². The van der Waals surface area contributed by atoms with Crippen LogP contribution in [0.4, 0.5) is 4.79 Å². The van der Waals surface area contributed by atoms with Crippen molar-refractivity contribution < 1.29 is 19.1 Å². The molecule has 1 aliphatic rings. The van der Waals surface area contributed by atoms with Crippen molar-refractivity contribution in [2.75, 3.05) is 13.7 Å². The third-order valence-electron chi connectivity index (χ3n) is 4.39. The van der Waals surface area contributed by atoms with Crippen LogP contribution in [0.3, 0.4) is 0 Å². The Morgan fingerprint density at radius 2 is 1.78 bits per heavy atom. The molecule has 1 aromatic rings. The average molecular weight is 372 g/mol. The minimum absolute atomic E-state index is 0.133. The van der Waals surface area contributed by atoms with Crippen molar-refractivity contribution in [2.24, 2.45) is 4.99 Å².